The van der Waals surface area contributed by atoms with Crippen molar-refractivity contribution in [1.82, 2.24) is 15.5 Å². The van der Waals surface area contributed by atoms with Crippen LogP contribution in [0.3, 0.4) is 0 Å². The highest BCUT2D eigenvalue weighted by atomic mass is 16.1. The van der Waals surface area contributed by atoms with E-state index in [1.807, 2.05) is 13.8 Å². The van der Waals surface area contributed by atoms with Gasteiger partial charge in [-0.3, -0.25) is 9.89 Å². The Morgan fingerprint density at radius 3 is 3.00 bits per heavy atom. The molecule has 0 radical (unpaired) electrons. The molecule has 5 nitrogen and oxygen atoms in total. The summed E-state index contributed by atoms with van der Waals surface area (Å²) in [6.45, 7) is 4.22. The second-order valence-electron chi connectivity index (χ2n) is 3.40. The number of hydrogen-bond donors (Lipinski definition) is 3. The van der Waals surface area contributed by atoms with E-state index in [0.717, 1.165) is 11.3 Å². The standard InChI is InChI=1S/C9H16N4O/c1-6(4-10)12-9(14)3-8-5-11-13-7(8)2/h5-6H,3-4,10H2,1-2H3,(H,11,13)(H,12,14). The molecule has 1 aromatic heterocycles. The summed E-state index contributed by atoms with van der Waals surface area (Å²) in [5.74, 6) is -0.0209. The lowest BCUT2D eigenvalue weighted by atomic mass is 10.2. The van der Waals surface area contributed by atoms with E-state index in [4.69, 9.17) is 5.73 Å². The highest BCUT2D eigenvalue weighted by Gasteiger charge is 2.09. The van der Waals surface area contributed by atoms with Crippen LogP contribution in [0.2, 0.25) is 0 Å². The summed E-state index contributed by atoms with van der Waals surface area (Å²) in [4.78, 5) is 11.4. The molecule has 1 aromatic rings. The van der Waals surface area contributed by atoms with Crippen LogP contribution in [0.4, 0.5) is 0 Å². The number of nitrogens with zero attached hydrogens (tertiary/aromatic N) is 1. The molecule has 14 heavy (non-hydrogen) atoms. The van der Waals surface area contributed by atoms with Crippen molar-refractivity contribution in [2.45, 2.75) is 26.3 Å². The van der Waals surface area contributed by atoms with Gasteiger partial charge in [0.05, 0.1) is 12.6 Å². The van der Waals surface area contributed by atoms with Crippen molar-refractivity contribution in [1.29, 1.82) is 0 Å². The molecule has 0 saturated carbocycles. The molecule has 1 rings (SSSR count). The van der Waals surface area contributed by atoms with Crippen molar-refractivity contribution in [2.24, 2.45) is 5.73 Å². The van der Waals surface area contributed by atoms with Gasteiger partial charge in [-0.15, -0.1) is 0 Å². The number of nitrogens with two attached hydrogens (primary N) is 1. The second-order valence-corrected chi connectivity index (χ2v) is 3.40. The maximum Gasteiger partial charge on any atom is 0.224 e. The lowest BCUT2D eigenvalue weighted by molar-refractivity contribution is -0.121. The summed E-state index contributed by atoms with van der Waals surface area (Å²) in [6, 6.07) is 0.0229. The van der Waals surface area contributed by atoms with Crippen molar-refractivity contribution < 1.29 is 4.79 Å². The molecule has 78 valence electrons. The van der Waals surface area contributed by atoms with E-state index in [1.165, 1.54) is 0 Å². The molecule has 0 aromatic carbocycles. The van der Waals surface area contributed by atoms with Crippen LogP contribution < -0.4 is 11.1 Å². The first-order chi connectivity index (χ1) is 6.63. The summed E-state index contributed by atoms with van der Waals surface area (Å²) in [5, 5.41) is 9.42. The molecular formula is C9H16N4O. The zero-order valence-electron chi connectivity index (χ0n) is 8.50. The Hall–Kier alpha value is -1.36. The number of amides is 1. The van der Waals surface area contributed by atoms with Gasteiger partial charge in [0.1, 0.15) is 0 Å². The van der Waals surface area contributed by atoms with Crippen LogP contribution in [0.1, 0.15) is 18.2 Å². The zero-order chi connectivity index (χ0) is 10.6. The lowest BCUT2D eigenvalue weighted by Gasteiger charge is -2.10. The predicted octanol–water partition coefficient (Wildman–Crippen LogP) is -0.276. The Labute approximate surface area is 83.1 Å². The fraction of sp³-hybridized carbons (Fsp3) is 0.556. The number of nitrogens with one attached hydrogen (secondary N) is 2. The summed E-state index contributed by atoms with van der Waals surface area (Å²) in [5.41, 5.74) is 7.24. The van der Waals surface area contributed by atoms with Gasteiger partial charge in [0.15, 0.2) is 0 Å². The largest absolute Gasteiger partial charge is 0.352 e. The number of aromatic nitrogens is 2. The van der Waals surface area contributed by atoms with Crippen LogP contribution in [-0.4, -0.2) is 28.7 Å². The van der Waals surface area contributed by atoms with Crippen molar-refractivity contribution in [3.8, 4) is 0 Å². The molecule has 0 aliphatic heterocycles. The molecule has 0 bridgehead atoms. The average Bonchev–Trinajstić information content (AvgIpc) is 2.51. The summed E-state index contributed by atoms with van der Waals surface area (Å²) < 4.78 is 0. The van der Waals surface area contributed by atoms with Gasteiger partial charge in [0.25, 0.3) is 0 Å². The smallest absolute Gasteiger partial charge is 0.224 e. The van der Waals surface area contributed by atoms with E-state index in [-0.39, 0.29) is 11.9 Å². The van der Waals surface area contributed by atoms with Crippen molar-refractivity contribution in [3.05, 3.63) is 17.5 Å². The Morgan fingerprint density at radius 2 is 2.50 bits per heavy atom. The van der Waals surface area contributed by atoms with Gasteiger partial charge in [-0.25, -0.2) is 0 Å². The van der Waals surface area contributed by atoms with Crippen LogP contribution >= 0.6 is 0 Å². The Kier molecular flexibility index (Phi) is 3.64. The topological polar surface area (TPSA) is 83.8 Å². The minimum absolute atomic E-state index is 0.0209. The van der Waals surface area contributed by atoms with E-state index >= 15 is 0 Å². The molecule has 1 amide bonds. The molecule has 5 heteroatoms. The average molecular weight is 196 g/mol. The monoisotopic (exact) mass is 196 g/mol. The molecule has 1 heterocycles. The number of carbonyl (C=O) groups excluding carboxylic acids is 1. The van der Waals surface area contributed by atoms with Gasteiger partial charge in [-0.05, 0) is 13.8 Å². The number of aromatic amines is 1. The molecule has 0 saturated heterocycles. The summed E-state index contributed by atoms with van der Waals surface area (Å²) in [7, 11) is 0. The Morgan fingerprint density at radius 1 is 1.79 bits per heavy atom. The van der Waals surface area contributed by atoms with Crippen LogP contribution in [0.15, 0.2) is 6.20 Å². The van der Waals surface area contributed by atoms with E-state index < -0.39 is 0 Å². The third-order valence-corrected chi connectivity index (χ3v) is 2.05. The molecule has 0 fully saturated rings. The molecule has 0 aliphatic carbocycles. The van der Waals surface area contributed by atoms with Crippen molar-refractivity contribution in [3.63, 3.8) is 0 Å². The molecule has 1 unspecified atom stereocenters. The van der Waals surface area contributed by atoms with E-state index in [0.29, 0.717) is 13.0 Å². The number of carbonyl (C=O) groups is 1. The van der Waals surface area contributed by atoms with E-state index in [1.54, 1.807) is 6.20 Å². The summed E-state index contributed by atoms with van der Waals surface area (Å²) >= 11 is 0. The van der Waals surface area contributed by atoms with Gasteiger partial charge >= 0.3 is 0 Å². The van der Waals surface area contributed by atoms with E-state index in [9.17, 15) is 4.79 Å². The minimum atomic E-state index is -0.0209. The molecule has 1 atom stereocenters. The first-order valence-electron chi connectivity index (χ1n) is 4.61. The van der Waals surface area contributed by atoms with Crippen LogP contribution in [0, 0.1) is 6.92 Å². The third-order valence-electron chi connectivity index (χ3n) is 2.05. The molecule has 4 N–H and O–H groups in total. The summed E-state index contributed by atoms with van der Waals surface area (Å²) in [6.07, 6.45) is 2.02. The second kappa shape index (κ2) is 4.76. The molecule has 0 spiro atoms. The maximum absolute atomic E-state index is 11.4. The first-order valence-corrected chi connectivity index (χ1v) is 4.61. The van der Waals surface area contributed by atoms with Gasteiger partial charge in [-0.1, -0.05) is 0 Å². The number of aryl methyl sites for hydroxylation is 1. The fourth-order valence-electron chi connectivity index (χ4n) is 1.11. The molecular weight excluding hydrogens is 180 g/mol. The lowest BCUT2D eigenvalue weighted by Crippen LogP contribution is -2.38. The number of hydrogen-bond acceptors (Lipinski definition) is 3. The normalized spacial score (nSPS) is 12.5. The zero-order valence-corrected chi connectivity index (χ0v) is 8.50. The number of rotatable bonds is 4. The SMILES string of the molecule is Cc1[nH]ncc1CC(=O)NC(C)CN. The van der Waals surface area contributed by atoms with Crippen molar-refractivity contribution >= 4 is 5.91 Å². The highest BCUT2D eigenvalue weighted by molar-refractivity contribution is 5.78. The van der Waals surface area contributed by atoms with Gasteiger partial charge in [0.2, 0.25) is 5.91 Å². The maximum atomic E-state index is 11.4. The van der Waals surface area contributed by atoms with Crippen molar-refractivity contribution in [2.75, 3.05) is 6.54 Å². The van der Waals surface area contributed by atoms with Gasteiger partial charge in [0, 0.05) is 23.8 Å². The predicted molar refractivity (Wildman–Crippen MR) is 53.7 cm³/mol. The third kappa shape index (κ3) is 2.85. The first kappa shape index (κ1) is 10.7. The van der Waals surface area contributed by atoms with Gasteiger partial charge in [-0.2, -0.15) is 5.10 Å². The van der Waals surface area contributed by atoms with Gasteiger partial charge < -0.3 is 11.1 Å². The quantitative estimate of drug-likeness (QED) is 0.619. The Bertz CT molecular complexity index is 308. The minimum Gasteiger partial charge on any atom is -0.352 e. The number of H-pyrrole nitrogens is 1. The fourth-order valence-corrected chi connectivity index (χ4v) is 1.11. The molecule has 0 aliphatic rings. The Balaban J connectivity index is 2.45. The van der Waals surface area contributed by atoms with Crippen LogP contribution in [0.5, 0.6) is 0 Å². The van der Waals surface area contributed by atoms with Crippen LogP contribution in [0.25, 0.3) is 0 Å². The van der Waals surface area contributed by atoms with Crippen LogP contribution in [-0.2, 0) is 11.2 Å². The highest BCUT2D eigenvalue weighted by Crippen LogP contribution is 2.03. The van der Waals surface area contributed by atoms with E-state index in [2.05, 4.69) is 15.5 Å².